The summed E-state index contributed by atoms with van der Waals surface area (Å²) in [6.45, 7) is 6.65. The summed E-state index contributed by atoms with van der Waals surface area (Å²) in [6, 6.07) is 15.7. The summed E-state index contributed by atoms with van der Waals surface area (Å²) in [5.41, 5.74) is 2.51. The molecule has 0 atom stereocenters. The van der Waals surface area contributed by atoms with Crippen LogP contribution in [-0.2, 0) is 17.9 Å². The highest BCUT2D eigenvalue weighted by Crippen LogP contribution is 2.17. The third-order valence-corrected chi connectivity index (χ3v) is 4.85. The van der Waals surface area contributed by atoms with Crippen LogP contribution in [-0.4, -0.2) is 32.2 Å². The molecule has 1 aliphatic rings. The number of amides is 1. The number of quaternary nitrogens is 1. The molecule has 1 fully saturated rings. The molecule has 1 heterocycles. The Hall–Kier alpha value is -2.53. The van der Waals surface area contributed by atoms with Crippen LogP contribution in [0.2, 0.25) is 0 Å². The fourth-order valence-electron chi connectivity index (χ4n) is 3.42. The van der Waals surface area contributed by atoms with E-state index in [1.54, 1.807) is 4.90 Å². The summed E-state index contributed by atoms with van der Waals surface area (Å²) in [6.07, 6.45) is 2.63. The Kier molecular flexibility index (Phi) is 7.11. The highest BCUT2D eigenvalue weighted by atomic mass is 16.5. The van der Waals surface area contributed by atoms with Gasteiger partial charge in [0.15, 0.2) is 6.61 Å². The molecule has 0 aromatic heterocycles. The maximum Gasteiger partial charge on any atom is 0.258 e. The Balaban J connectivity index is 1.46. The van der Waals surface area contributed by atoms with Crippen LogP contribution in [0.1, 0.15) is 30.9 Å². The zero-order valence-electron chi connectivity index (χ0n) is 16.0. The van der Waals surface area contributed by atoms with Crippen LogP contribution in [0.15, 0.2) is 48.5 Å². The summed E-state index contributed by atoms with van der Waals surface area (Å²) >= 11 is 0. The van der Waals surface area contributed by atoms with E-state index in [1.807, 2.05) is 37.3 Å². The zero-order valence-corrected chi connectivity index (χ0v) is 16.0. The Morgan fingerprint density at radius 2 is 1.59 bits per heavy atom. The molecule has 0 radical (unpaired) electrons. The molecular weight excluding hydrogens is 340 g/mol. The van der Waals surface area contributed by atoms with Gasteiger partial charge in [0.05, 0.1) is 19.7 Å². The Morgan fingerprint density at radius 1 is 0.963 bits per heavy atom. The Morgan fingerprint density at radius 3 is 2.26 bits per heavy atom. The van der Waals surface area contributed by atoms with Gasteiger partial charge in [-0.25, -0.2) is 0 Å². The van der Waals surface area contributed by atoms with Crippen molar-refractivity contribution in [3.05, 3.63) is 59.7 Å². The van der Waals surface area contributed by atoms with E-state index < -0.39 is 0 Å². The van der Waals surface area contributed by atoms with Crippen molar-refractivity contribution >= 4 is 5.91 Å². The minimum atomic E-state index is -0.118. The smallest absolute Gasteiger partial charge is 0.258 e. The van der Waals surface area contributed by atoms with Crippen LogP contribution in [0, 0.1) is 0 Å². The molecule has 1 aliphatic heterocycles. The number of hydrogen-bond acceptors (Lipinski definition) is 3. The van der Waals surface area contributed by atoms with Crippen molar-refractivity contribution in [3.63, 3.8) is 0 Å². The molecule has 144 valence electrons. The minimum Gasteiger partial charge on any atom is -0.494 e. The maximum absolute atomic E-state index is 12.1. The SMILES string of the molecule is CCOc1ccc(OCC(=O)NCc2ccccc2C[NH+]2CCCC2)cc1. The van der Waals surface area contributed by atoms with Gasteiger partial charge in [0.2, 0.25) is 0 Å². The summed E-state index contributed by atoms with van der Waals surface area (Å²) in [4.78, 5) is 13.8. The van der Waals surface area contributed by atoms with Crippen molar-refractivity contribution in [2.75, 3.05) is 26.3 Å². The lowest BCUT2D eigenvalue weighted by atomic mass is 10.1. The van der Waals surface area contributed by atoms with Gasteiger partial charge in [-0.1, -0.05) is 24.3 Å². The lowest BCUT2D eigenvalue weighted by molar-refractivity contribution is -0.901. The number of benzene rings is 2. The van der Waals surface area contributed by atoms with Crippen molar-refractivity contribution in [2.45, 2.75) is 32.9 Å². The lowest BCUT2D eigenvalue weighted by Crippen LogP contribution is -3.08. The molecule has 5 heteroatoms. The van der Waals surface area contributed by atoms with Gasteiger partial charge in [0.25, 0.3) is 5.91 Å². The summed E-state index contributed by atoms with van der Waals surface area (Å²) in [5, 5.41) is 2.97. The minimum absolute atomic E-state index is 0.00746. The summed E-state index contributed by atoms with van der Waals surface area (Å²) in [7, 11) is 0. The predicted molar refractivity (Wildman–Crippen MR) is 105 cm³/mol. The molecule has 1 amide bonds. The predicted octanol–water partition coefficient (Wildman–Crippen LogP) is 1.96. The van der Waals surface area contributed by atoms with Crippen molar-refractivity contribution in [2.24, 2.45) is 0 Å². The number of ether oxygens (including phenoxy) is 2. The second-order valence-corrected chi connectivity index (χ2v) is 6.87. The molecule has 0 unspecified atom stereocenters. The van der Waals surface area contributed by atoms with Gasteiger partial charge < -0.3 is 19.7 Å². The molecule has 27 heavy (non-hydrogen) atoms. The maximum atomic E-state index is 12.1. The van der Waals surface area contributed by atoms with E-state index in [4.69, 9.17) is 9.47 Å². The standard InChI is InChI=1S/C22H28N2O3/c1-2-26-20-9-11-21(12-10-20)27-17-22(25)23-15-18-7-3-4-8-19(18)16-24-13-5-6-14-24/h3-4,7-12H,2,5-6,13-17H2,1H3,(H,23,25)/p+1. The molecule has 0 spiro atoms. The molecule has 0 saturated carbocycles. The van der Waals surface area contributed by atoms with E-state index in [-0.39, 0.29) is 12.5 Å². The van der Waals surface area contributed by atoms with E-state index in [0.29, 0.717) is 18.9 Å². The first kappa shape index (κ1) is 19.2. The third-order valence-electron chi connectivity index (χ3n) is 4.85. The molecule has 1 saturated heterocycles. The number of likely N-dealkylation sites (tertiary alicyclic amines) is 1. The first-order valence-corrected chi connectivity index (χ1v) is 9.77. The van der Waals surface area contributed by atoms with Crippen LogP contribution in [0.5, 0.6) is 11.5 Å². The van der Waals surface area contributed by atoms with Gasteiger partial charge in [0.1, 0.15) is 18.0 Å². The van der Waals surface area contributed by atoms with Gasteiger partial charge >= 0.3 is 0 Å². The van der Waals surface area contributed by atoms with Crippen LogP contribution in [0.3, 0.4) is 0 Å². The van der Waals surface area contributed by atoms with Gasteiger partial charge in [-0.05, 0) is 36.8 Å². The van der Waals surface area contributed by atoms with E-state index in [0.717, 1.165) is 12.3 Å². The monoisotopic (exact) mass is 369 g/mol. The highest BCUT2D eigenvalue weighted by Gasteiger charge is 2.17. The zero-order chi connectivity index (χ0) is 18.9. The normalized spacial score (nSPS) is 14.1. The Labute approximate surface area is 161 Å². The fraction of sp³-hybridized carbons (Fsp3) is 0.409. The van der Waals surface area contributed by atoms with E-state index in [1.165, 1.54) is 37.1 Å². The van der Waals surface area contributed by atoms with Crippen molar-refractivity contribution in [1.29, 1.82) is 0 Å². The first-order valence-electron chi connectivity index (χ1n) is 9.77. The first-order chi connectivity index (χ1) is 13.2. The van der Waals surface area contributed by atoms with Crippen LogP contribution in [0.25, 0.3) is 0 Å². The number of nitrogens with one attached hydrogen (secondary N) is 2. The molecule has 3 rings (SSSR count). The van der Waals surface area contributed by atoms with E-state index >= 15 is 0 Å². The summed E-state index contributed by atoms with van der Waals surface area (Å²) in [5.74, 6) is 1.34. The second kappa shape index (κ2) is 9.97. The van der Waals surface area contributed by atoms with Gasteiger partial charge in [-0.2, -0.15) is 0 Å². The quantitative estimate of drug-likeness (QED) is 0.711. The third kappa shape index (κ3) is 6.00. The highest BCUT2D eigenvalue weighted by molar-refractivity contribution is 5.77. The van der Waals surface area contributed by atoms with Crippen molar-refractivity contribution in [3.8, 4) is 11.5 Å². The molecular formula is C22H29N2O3+. The van der Waals surface area contributed by atoms with Gasteiger partial charge in [-0.3, -0.25) is 4.79 Å². The van der Waals surface area contributed by atoms with Gasteiger partial charge in [0, 0.05) is 24.9 Å². The van der Waals surface area contributed by atoms with Crippen molar-refractivity contribution in [1.82, 2.24) is 5.32 Å². The van der Waals surface area contributed by atoms with Crippen LogP contribution >= 0.6 is 0 Å². The van der Waals surface area contributed by atoms with E-state index in [9.17, 15) is 4.79 Å². The molecule has 0 bridgehead atoms. The second-order valence-electron chi connectivity index (χ2n) is 6.87. The average molecular weight is 369 g/mol. The van der Waals surface area contributed by atoms with E-state index in [2.05, 4.69) is 23.5 Å². The fourth-order valence-corrected chi connectivity index (χ4v) is 3.42. The van der Waals surface area contributed by atoms with Crippen LogP contribution in [0.4, 0.5) is 0 Å². The number of carbonyl (C=O) groups is 1. The molecule has 5 nitrogen and oxygen atoms in total. The topological polar surface area (TPSA) is 52.0 Å². The van der Waals surface area contributed by atoms with Gasteiger partial charge in [-0.15, -0.1) is 0 Å². The van der Waals surface area contributed by atoms with Crippen molar-refractivity contribution < 1.29 is 19.2 Å². The number of carbonyl (C=O) groups excluding carboxylic acids is 1. The summed E-state index contributed by atoms with van der Waals surface area (Å²) < 4.78 is 11.0. The Bertz CT molecular complexity index is 725. The largest absolute Gasteiger partial charge is 0.494 e. The van der Waals surface area contributed by atoms with Crippen LogP contribution < -0.4 is 19.7 Å². The number of rotatable bonds is 9. The molecule has 2 N–H and O–H groups in total. The molecule has 2 aromatic carbocycles. The number of hydrogen-bond donors (Lipinski definition) is 2. The molecule has 2 aromatic rings. The lowest BCUT2D eigenvalue weighted by Gasteiger charge is -2.15. The molecule has 0 aliphatic carbocycles. The average Bonchev–Trinajstić information content (AvgIpc) is 3.20.